The predicted octanol–water partition coefficient (Wildman–Crippen LogP) is 6.59. The van der Waals surface area contributed by atoms with Crippen LogP contribution < -0.4 is 16.0 Å². The van der Waals surface area contributed by atoms with Gasteiger partial charge in [0, 0.05) is 26.7 Å². The van der Waals surface area contributed by atoms with E-state index in [-0.39, 0.29) is 22.8 Å². The number of aryl methyl sites for hydroxylation is 1. The van der Waals surface area contributed by atoms with Gasteiger partial charge in [-0.05, 0) is 79.4 Å². The summed E-state index contributed by atoms with van der Waals surface area (Å²) in [4.78, 5) is 40.2. The molecule has 3 amide bonds. The summed E-state index contributed by atoms with van der Waals surface area (Å²) in [5.74, 6) is -0.887. The average molecular weight is 542 g/mol. The molecule has 0 saturated heterocycles. The van der Waals surface area contributed by atoms with Crippen molar-refractivity contribution < 1.29 is 14.4 Å². The molecule has 3 N–H and O–H groups in total. The van der Waals surface area contributed by atoms with Crippen molar-refractivity contribution in [2.75, 3.05) is 10.6 Å². The van der Waals surface area contributed by atoms with E-state index in [4.69, 9.17) is 0 Å². The number of rotatable bonds is 9. The summed E-state index contributed by atoms with van der Waals surface area (Å²) in [5, 5.41) is 10.1. The van der Waals surface area contributed by atoms with Crippen LogP contribution in [0.5, 0.6) is 0 Å². The van der Waals surface area contributed by atoms with Gasteiger partial charge in [-0.3, -0.25) is 14.4 Å². The number of hydrogen-bond donors (Lipinski definition) is 3. The van der Waals surface area contributed by atoms with Crippen molar-refractivity contribution in [1.29, 1.82) is 0 Å². The Morgan fingerprint density at radius 3 is 2.24 bits per heavy atom. The molecule has 0 radical (unpaired) electrons. The molecule has 3 aromatic carbocycles. The van der Waals surface area contributed by atoms with Crippen LogP contribution in [0.2, 0.25) is 0 Å². The first-order chi connectivity index (χ1) is 18.4. The van der Waals surface area contributed by atoms with E-state index < -0.39 is 5.91 Å². The minimum absolute atomic E-state index is 0.0841. The number of carbonyl (C=O) groups excluding carboxylic acids is 3. The Morgan fingerprint density at radius 2 is 1.55 bits per heavy atom. The van der Waals surface area contributed by atoms with E-state index in [2.05, 4.69) is 16.0 Å². The zero-order chi connectivity index (χ0) is 26.9. The van der Waals surface area contributed by atoms with Gasteiger partial charge in [-0.2, -0.15) is 0 Å². The van der Waals surface area contributed by atoms with Gasteiger partial charge in [-0.1, -0.05) is 42.5 Å². The summed E-state index contributed by atoms with van der Waals surface area (Å²) < 4.78 is 0. The van der Waals surface area contributed by atoms with Crippen LogP contribution in [0.3, 0.4) is 0 Å². The number of thioether (sulfide) groups is 1. The molecule has 1 heterocycles. The number of carbonyl (C=O) groups is 3. The first-order valence-corrected chi connectivity index (χ1v) is 13.7. The van der Waals surface area contributed by atoms with Crippen molar-refractivity contribution in [2.24, 2.45) is 0 Å². The summed E-state index contributed by atoms with van der Waals surface area (Å²) in [6.07, 6.45) is 1.65. The quantitative estimate of drug-likeness (QED) is 0.165. The Morgan fingerprint density at radius 1 is 0.842 bits per heavy atom. The highest BCUT2D eigenvalue weighted by Crippen LogP contribution is 2.26. The smallest absolute Gasteiger partial charge is 0.272 e. The van der Waals surface area contributed by atoms with Gasteiger partial charge in [-0.15, -0.1) is 23.1 Å². The van der Waals surface area contributed by atoms with Crippen molar-refractivity contribution in [2.45, 2.75) is 24.0 Å². The minimum Gasteiger partial charge on any atom is -0.325 e. The molecule has 0 aliphatic heterocycles. The molecular formula is C30H27N3O3S2. The standard InChI is InChI=1S/C30H27N3O3S2/c1-20-9-6-7-13-26(20)32-28(34)21(2)38-24-16-14-23(15-17-24)31-30(36)27(19-25-12-8-18-37-25)33-29(35)22-10-4-3-5-11-22/h3-19,21H,1-2H3,(H,31,36)(H,32,34)(H,33,35)/b27-19-. The lowest BCUT2D eigenvalue weighted by Gasteiger charge is -2.14. The molecule has 0 spiro atoms. The molecule has 192 valence electrons. The third kappa shape index (κ3) is 7.44. The highest BCUT2D eigenvalue weighted by Gasteiger charge is 2.17. The zero-order valence-corrected chi connectivity index (χ0v) is 22.6. The highest BCUT2D eigenvalue weighted by atomic mass is 32.2. The van der Waals surface area contributed by atoms with E-state index in [9.17, 15) is 14.4 Å². The molecule has 8 heteroatoms. The zero-order valence-electron chi connectivity index (χ0n) is 20.9. The van der Waals surface area contributed by atoms with Crippen LogP contribution in [0.15, 0.2) is 107 Å². The van der Waals surface area contributed by atoms with Crippen LogP contribution in [0.1, 0.15) is 27.7 Å². The lowest BCUT2D eigenvalue weighted by molar-refractivity contribution is -0.115. The molecule has 4 aromatic rings. The number of para-hydroxylation sites is 1. The molecule has 1 aromatic heterocycles. The first kappa shape index (κ1) is 26.9. The maximum Gasteiger partial charge on any atom is 0.272 e. The molecule has 1 atom stereocenters. The Labute approximate surface area is 230 Å². The molecule has 0 bridgehead atoms. The molecule has 0 aliphatic carbocycles. The summed E-state index contributed by atoms with van der Waals surface area (Å²) in [6, 6.07) is 27.4. The second-order valence-corrected chi connectivity index (χ2v) is 10.8. The molecule has 0 saturated carbocycles. The van der Waals surface area contributed by atoms with Gasteiger partial charge in [0.15, 0.2) is 0 Å². The molecule has 1 unspecified atom stereocenters. The summed E-state index contributed by atoms with van der Waals surface area (Å²) >= 11 is 2.89. The monoisotopic (exact) mass is 541 g/mol. The van der Waals surface area contributed by atoms with Crippen LogP contribution in [-0.4, -0.2) is 23.0 Å². The number of thiophene rings is 1. The van der Waals surface area contributed by atoms with E-state index in [1.165, 1.54) is 23.1 Å². The molecule has 6 nitrogen and oxygen atoms in total. The van der Waals surface area contributed by atoms with Crippen LogP contribution in [0.25, 0.3) is 6.08 Å². The number of benzene rings is 3. The van der Waals surface area contributed by atoms with Crippen molar-refractivity contribution >= 4 is 58.3 Å². The van der Waals surface area contributed by atoms with Gasteiger partial charge in [-0.25, -0.2) is 0 Å². The lowest BCUT2D eigenvalue weighted by atomic mass is 10.2. The average Bonchev–Trinajstić information content (AvgIpc) is 3.44. The fourth-order valence-corrected chi connectivity index (χ4v) is 5.00. The number of hydrogen-bond acceptors (Lipinski definition) is 5. The molecule has 38 heavy (non-hydrogen) atoms. The lowest BCUT2D eigenvalue weighted by Crippen LogP contribution is -2.30. The van der Waals surface area contributed by atoms with Crippen molar-refractivity contribution in [1.82, 2.24) is 5.32 Å². The Bertz CT molecular complexity index is 1430. The SMILES string of the molecule is Cc1ccccc1NC(=O)C(C)Sc1ccc(NC(=O)/C(=C/c2cccs2)NC(=O)c2ccccc2)cc1. The summed E-state index contributed by atoms with van der Waals surface area (Å²) in [7, 11) is 0. The van der Waals surface area contributed by atoms with Gasteiger partial charge >= 0.3 is 0 Å². The topological polar surface area (TPSA) is 87.3 Å². The van der Waals surface area contributed by atoms with Crippen molar-refractivity contribution in [3.05, 3.63) is 118 Å². The Kier molecular flexibility index (Phi) is 9.13. The van der Waals surface area contributed by atoms with Crippen LogP contribution >= 0.6 is 23.1 Å². The number of amides is 3. The van der Waals surface area contributed by atoms with Gasteiger partial charge in [0.1, 0.15) is 5.70 Å². The minimum atomic E-state index is -0.436. The Balaban J connectivity index is 1.40. The van der Waals surface area contributed by atoms with Crippen LogP contribution in [0.4, 0.5) is 11.4 Å². The van der Waals surface area contributed by atoms with E-state index in [0.29, 0.717) is 11.3 Å². The normalized spacial score (nSPS) is 11.9. The number of nitrogens with one attached hydrogen (secondary N) is 3. The summed E-state index contributed by atoms with van der Waals surface area (Å²) in [5.41, 5.74) is 2.97. The van der Waals surface area contributed by atoms with Crippen LogP contribution in [-0.2, 0) is 9.59 Å². The van der Waals surface area contributed by atoms with E-state index in [0.717, 1.165) is 21.0 Å². The molecule has 0 aliphatic rings. The fraction of sp³-hybridized carbons (Fsp3) is 0.100. The van der Waals surface area contributed by atoms with Gasteiger partial charge in [0.05, 0.1) is 5.25 Å². The van der Waals surface area contributed by atoms with E-state index in [1.54, 1.807) is 42.5 Å². The van der Waals surface area contributed by atoms with Crippen molar-refractivity contribution in [3.8, 4) is 0 Å². The highest BCUT2D eigenvalue weighted by molar-refractivity contribution is 8.00. The number of anilines is 2. The van der Waals surface area contributed by atoms with Crippen molar-refractivity contribution in [3.63, 3.8) is 0 Å². The third-order valence-corrected chi connectivity index (χ3v) is 7.49. The largest absolute Gasteiger partial charge is 0.325 e. The molecular weight excluding hydrogens is 514 g/mol. The molecule has 4 rings (SSSR count). The van der Waals surface area contributed by atoms with E-state index >= 15 is 0 Å². The Hall–Kier alpha value is -4.14. The molecule has 0 fully saturated rings. The van der Waals surface area contributed by atoms with Gasteiger partial charge in [0.2, 0.25) is 5.91 Å². The van der Waals surface area contributed by atoms with Crippen LogP contribution in [0, 0.1) is 6.92 Å². The first-order valence-electron chi connectivity index (χ1n) is 12.0. The predicted molar refractivity (Wildman–Crippen MR) is 156 cm³/mol. The maximum atomic E-state index is 13.1. The van der Waals surface area contributed by atoms with Gasteiger partial charge < -0.3 is 16.0 Å². The van der Waals surface area contributed by atoms with Gasteiger partial charge in [0.25, 0.3) is 11.8 Å². The second-order valence-electron chi connectivity index (χ2n) is 8.44. The maximum absolute atomic E-state index is 13.1. The summed E-state index contributed by atoms with van der Waals surface area (Å²) in [6.45, 7) is 3.81. The third-order valence-electron chi connectivity index (χ3n) is 5.56. The fourth-order valence-electron chi connectivity index (χ4n) is 3.48. The second kappa shape index (κ2) is 12.9. The van der Waals surface area contributed by atoms with E-state index in [1.807, 2.05) is 73.8 Å².